The van der Waals surface area contributed by atoms with Crippen molar-refractivity contribution in [3.05, 3.63) is 34.9 Å². The zero-order valence-electron chi connectivity index (χ0n) is 8.59. The lowest BCUT2D eigenvalue weighted by Crippen LogP contribution is -2.53. The van der Waals surface area contributed by atoms with E-state index in [0.717, 1.165) is 0 Å². The monoisotopic (exact) mass is 213 g/mol. The topological polar surface area (TPSA) is 102 Å². The molecule has 6 heteroatoms. The van der Waals surface area contributed by atoms with Gasteiger partial charge in [0.05, 0.1) is 6.42 Å². The van der Waals surface area contributed by atoms with Gasteiger partial charge in [-0.1, -0.05) is 24.2 Å². The van der Waals surface area contributed by atoms with Gasteiger partial charge in [-0.3, -0.25) is 15.8 Å². The highest BCUT2D eigenvalue weighted by Crippen LogP contribution is 2.12. The van der Waals surface area contributed by atoms with E-state index in [-0.39, 0.29) is 12.1 Å². The fraction of sp³-hybridized carbons (Fsp3) is 0.444. The molecule has 0 aromatic carbocycles. The Hall–Kier alpha value is -1.69. The summed E-state index contributed by atoms with van der Waals surface area (Å²) in [7, 11) is 0. The molecule has 0 aromatic rings. The Labute approximate surface area is 87.9 Å². The van der Waals surface area contributed by atoms with Crippen LogP contribution in [-0.4, -0.2) is 21.5 Å². The van der Waals surface area contributed by atoms with Gasteiger partial charge in [0.1, 0.15) is 0 Å². The minimum absolute atomic E-state index is 0.104. The second-order valence-electron chi connectivity index (χ2n) is 2.97. The average molecular weight is 213 g/mol. The summed E-state index contributed by atoms with van der Waals surface area (Å²) in [5, 5.41) is 22.3. The van der Waals surface area contributed by atoms with Crippen LogP contribution in [0, 0.1) is 10.1 Å². The van der Waals surface area contributed by atoms with E-state index in [9.17, 15) is 10.1 Å². The Morgan fingerprint density at radius 3 is 2.73 bits per heavy atom. The predicted octanol–water partition coefficient (Wildman–Crippen LogP) is 1.29. The van der Waals surface area contributed by atoms with Gasteiger partial charge in [-0.2, -0.15) is 0 Å². The van der Waals surface area contributed by atoms with Crippen LogP contribution in [0.2, 0.25) is 0 Å². The number of allylic oxidation sites excluding steroid dienone is 1. The summed E-state index contributed by atoms with van der Waals surface area (Å²) in [6.07, 6.45) is 4.84. The summed E-state index contributed by atoms with van der Waals surface area (Å²) in [4.78, 5) is 10.1. The molecule has 0 bridgehead atoms. The number of nitrogens with zero attached hydrogens (tertiary/aromatic N) is 2. The number of nitrogens with two attached hydrogens (primary N) is 1. The SMILES string of the molecule is C=CC[C@@](N)(C(/C=C/CC)=N/O)[N+](=O)[O-]. The molecule has 0 fully saturated rings. The minimum atomic E-state index is -1.91. The maximum atomic E-state index is 10.8. The Morgan fingerprint density at radius 2 is 2.40 bits per heavy atom. The zero-order chi connectivity index (χ0) is 11.9. The average Bonchev–Trinajstić information content (AvgIpc) is 2.19. The van der Waals surface area contributed by atoms with E-state index in [1.807, 2.05) is 6.92 Å². The van der Waals surface area contributed by atoms with Crippen LogP contribution >= 0.6 is 0 Å². The van der Waals surface area contributed by atoms with E-state index in [0.29, 0.717) is 6.42 Å². The van der Waals surface area contributed by atoms with Gasteiger partial charge in [0.25, 0.3) is 0 Å². The van der Waals surface area contributed by atoms with Crippen LogP contribution in [0.25, 0.3) is 0 Å². The molecule has 0 saturated heterocycles. The smallest absolute Gasteiger partial charge is 0.321 e. The first kappa shape index (κ1) is 13.3. The van der Waals surface area contributed by atoms with Crippen LogP contribution in [0.3, 0.4) is 0 Å². The third-order valence-corrected chi connectivity index (χ3v) is 1.84. The first-order valence-corrected chi connectivity index (χ1v) is 4.46. The van der Waals surface area contributed by atoms with E-state index < -0.39 is 10.6 Å². The normalized spacial score (nSPS) is 16.3. The molecule has 0 aliphatic rings. The van der Waals surface area contributed by atoms with Gasteiger partial charge >= 0.3 is 5.66 Å². The maximum Gasteiger partial charge on any atom is 0.321 e. The van der Waals surface area contributed by atoms with E-state index in [1.165, 1.54) is 12.2 Å². The summed E-state index contributed by atoms with van der Waals surface area (Å²) < 4.78 is 0. The minimum Gasteiger partial charge on any atom is -0.410 e. The summed E-state index contributed by atoms with van der Waals surface area (Å²) in [6.45, 7) is 5.23. The molecule has 0 radical (unpaired) electrons. The Bertz CT molecular complexity index is 299. The quantitative estimate of drug-likeness (QED) is 0.173. The maximum absolute atomic E-state index is 10.8. The largest absolute Gasteiger partial charge is 0.410 e. The van der Waals surface area contributed by atoms with Crippen molar-refractivity contribution in [2.45, 2.75) is 25.4 Å². The Kier molecular flexibility index (Phi) is 5.25. The van der Waals surface area contributed by atoms with Gasteiger partial charge in [-0.15, -0.1) is 6.58 Å². The van der Waals surface area contributed by atoms with Crippen LogP contribution in [-0.2, 0) is 0 Å². The number of hydrogen-bond donors (Lipinski definition) is 2. The van der Waals surface area contributed by atoms with Gasteiger partial charge < -0.3 is 5.21 Å². The third kappa shape index (κ3) is 3.17. The lowest BCUT2D eigenvalue weighted by Gasteiger charge is -2.17. The molecule has 0 heterocycles. The molecule has 0 rings (SSSR count). The molecule has 84 valence electrons. The highest BCUT2D eigenvalue weighted by atomic mass is 16.6. The first-order valence-electron chi connectivity index (χ1n) is 4.46. The van der Waals surface area contributed by atoms with Gasteiger partial charge in [0.2, 0.25) is 0 Å². The van der Waals surface area contributed by atoms with Crippen molar-refractivity contribution in [2.75, 3.05) is 0 Å². The summed E-state index contributed by atoms with van der Waals surface area (Å²) >= 11 is 0. The van der Waals surface area contributed by atoms with Gasteiger partial charge in [-0.05, 0) is 12.5 Å². The van der Waals surface area contributed by atoms with Crippen LogP contribution in [0.5, 0.6) is 0 Å². The molecule has 0 aliphatic heterocycles. The molecule has 0 aromatic heterocycles. The number of rotatable bonds is 6. The van der Waals surface area contributed by atoms with E-state index in [4.69, 9.17) is 10.9 Å². The molecule has 1 atom stereocenters. The molecule has 6 nitrogen and oxygen atoms in total. The highest BCUT2D eigenvalue weighted by molar-refractivity contribution is 6.00. The first-order chi connectivity index (χ1) is 7.02. The second-order valence-corrected chi connectivity index (χ2v) is 2.97. The van der Waals surface area contributed by atoms with Crippen molar-refractivity contribution in [1.29, 1.82) is 0 Å². The highest BCUT2D eigenvalue weighted by Gasteiger charge is 2.42. The van der Waals surface area contributed by atoms with Crippen LogP contribution in [0.4, 0.5) is 0 Å². The van der Waals surface area contributed by atoms with Gasteiger partial charge in [-0.25, -0.2) is 0 Å². The van der Waals surface area contributed by atoms with E-state index in [2.05, 4.69) is 11.7 Å². The summed E-state index contributed by atoms with van der Waals surface area (Å²) in [5.74, 6) is 0. The van der Waals surface area contributed by atoms with Crippen molar-refractivity contribution in [2.24, 2.45) is 10.9 Å². The zero-order valence-corrected chi connectivity index (χ0v) is 8.59. The van der Waals surface area contributed by atoms with Gasteiger partial charge in [0, 0.05) is 4.92 Å². The van der Waals surface area contributed by atoms with Crippen LogP contribution < -0.4 is 5.73 Å². The lowest BCUT2D eigenvalue weighted by atomic mass is 10.0. The summed E-state index contributed by atoms with van der Waals surface area (Å²) in [6, 6.07) is 0. The lowest BCUT2D eigenvalue weighted by molar-refractivity contribution is -0.545. The number of nitro groups is 1. The van der Waals surface area contributed by atoms with Crippen molar-refractivity contribution >= 4 is 5.71 Å². The Balaban J connectivity index is 5.12. The fourth-order valence-electron chi connectivity index (χ4n) is 0.986. The molecule has 0 aliphatic carbocycles. The van der Waals surface area contributed by atoms with Crippen molar-refractivity contribution in [3.8, 4) is 0 Å². The Morgan fingerprint density at radius 1 is 1.80 bits per heavy atom. The van der Waals surface area contributed by atoms with E-state index in [1.54, 1.807) is 6.08 Å². The molecule has 0 unspecified atom stereocenters. The number of hydrogen-bond acceptors (Lipinski definition) is 5. The van der Waals surface area contributed by atoms with Crippen molar-refractivity contribution in [1.82, 2.24) is 0 Å². The van der Waals surface area contributed by atoms with Crippen molar-refractivity contribution < 1.29 is 10.1 Å². The molecule has 3 N–H and O–H groups in total. The third-order valence-electron chi connectivity index (χ3n) is 1.84. The summed E-state index contributed by atoms with van der Waals surface area (Å²) in [5.41, 5.74) is 3.43. The molecule has 0 spiro atoms. The van der Waals surface area contributed by atoms with Crippen LogP contribution in [0.1, 0.15) is 19.8 Å². The molecular weight excluding hydrogens is 198 g/mol. The standard InChI is InChI=1S/C9H15N3O3/c1-3-5-6-8(11-13)9(10,7-4-2)12(14)15/h4-6,13H,2-3,7,10H2,1H3/b6-5+,11-8+/t9-/m0/s1. The molecule has 0 saturated carbocycles. The molecule has 0 amide bonds. The van der Waals surface area contributed by atoms with Crippen molar-refractivity contribution in [3.63, 3.8) is 0 Å². The van der Waals surface area contributed by atoms with Crippen LogP contribution in [0.15, 0.2) is 30.0 Å². The van der Waals surface area contributed by atoms with Gasteiger partial charge in [0.15, 0.2) is 5.71 Å². The number of oxime groups is 1. The fourth-order valence-corrected chi connectivity index (χ4v) is 0.986. The van der Waals surface area contributed by atoms with E-state index >= 15 is 0 Å². The molecular formula is C9H15N3O3. The molecule has 15 heavy (non-hydrogen) atoms. The predicted molar refractivity (Wildman–Crippen MR) is 57.4 cm³/mol. The second kappa shape index (κ2) is 5.92.